The van der Waals surface area contributed by atoms with Crippen LogP contribution in [0.15, 0.2) is 53.3 Å². The molecule has 0 aliphatic rings. The number of aromatic amines is 1. The van der Waals surface area contributed by atoms with E-state index >= 15 is 0 Å². The van der Waals surface area contributed by atoms with Crippen LogP contribution in [-0.2, 0) is 30.4 Å². The molecule has 158 valence electrons. The molecule has 2 aromatic carbocycles. The summed E-state index contributed by atoms with van der Waals surface area (Å²) >= 11 is 0. The molecule has 0 aliphatic heterocycles. The first-order chi connectivity index (χ1) is 14.2. The van der Waals surface area contributed by atoms with Crippen LogP contribution in [0.3, 0.4) is 0 Å². The van der Waals surface area contributed by atoms with E-state index in [0.29, 0.717) is 5.56 Å². The summed E-state index contributed by atoms with van der Waals surface area (Å²) < 4.78 is 53.6. The Kier molecular flexibility index (Phi) is 6.34. The van der Waals surface area contributed by atoms with E-state index in [9.17, 15) is 27.2 Å². The van der Waals surface area contributed by atoms with Crippen molar-refractivity contribution in [1.29, 1.82) is 0 Å². The fourth-order valence-electron chi connectivity index (χ4n) is 2.96. The van der Waals surface area contributed by atoms with Gasteiger partial charge in [-0.3, -0.25) is 9.78 Å². The molecule has 6 nitrogen and oxygen atoms in total. The van der Waals surface area contributed by atoms with E-state index in [0.717, 1.165) is 10.7 Å². The Morgan fingerprint density at radius 1 is 1.07 bits per heavy atom. The minimum absolute atomic E-state index is 0.0184. The monoisotopic (exact) mass is 422 g/mol. The normalized spacial score (nSPS) is 11.5. The Labute approximate surface area is 168 Å². The van der Waals surface area contributed by atoms with Crippen LogP contribution in [0.5, 0.6) is 0 Å². The van der Waals surface area contributed by atoms with Gasteiger partial charge < -0.3 is 5.32 Å². The smallest absolute Gasteiger partial charge is 0.354 e. The number of nitrogens with one attached hydrogen (secondary N) is 2. The maximum absolute atomic E-state index is 13.7. The van der Waals surface area contributed by atoms with Gasteiger partial charge in [-0.15, -0.1) is 0 Å². The Morgan fingerprint density at radius 3 is 2.43 bits per heavy atom. The number of hydrogen-bond donors (Lipinski definition) is 2. The molecule has 3 aromatic rings. The first kappa shape index (κ1) is 21.3. The third-order valence-electron chi connectivity index (χ3n) is 4.38. The summed E-state index contributed by atoms with van der Waals surface area (Å²) in [5, 5.41) is 6.44. The molecular weight excluding hydrogens is 404 g/mol. The summed E-state index contributed by atoms with van der Waals surface area (Å²) in [5.41, 5.74) is -0.986. The number of H-pyrrole nitrogens is 1. The summed E-state index contributed by atoms with van der Waals surface area (Å²) in [6.07, 6.45) is -4.45. The van der Waals surface area contributed by atoms with E-state index in [1.807, 2.05) is 0 Å². The van der Waals surface area contributed by atoms with Crippen LogP contribution in [-0.4, -0.2) is 27.2 Å². The maximum Gasteiger partial charge on any atom is 0.416 e. The quantitative estimate of drug-likeness (QED) is 0.575. The number of hydrogen-bond acceptors (Lipinski definition) is 3. The third kappa shape index (κ3) is 5.34. The number of carbonyl (C=O) groups is 1. The zero-order chi connectivity index (χ0) is 21.7. The summed E-state index contributed by atoms with van der Waals surface area (Å²) in [7, 11) is 0. The average Bonchev–Trinajstić information content (AvgIpc) is 3.02. The van der Waals surface area contributed by atoms with Gasteiger partial charge in [-0.25, -0.2) is 13.9 Å². The molecule has 30 heavy (non-hydrogen) atoms. The van der Waals surface area contributed by atoms with Gasteiger partial charge in [0.1, 0.15) is 18.2 Å². The van der Waals surface area contributed by atoms with Crippen LogP contribution in [0.2, 0.25) is 0 Å². The van der Waals surface area contributed by atoms with Crippen molar-refractivity contribution >= 4 is 5.91 Å². The van der Waals surface area contributed by atoms with E-state index in [2.05, 4.69) is 15.4 Å². The molecule has 10 heteroatoms. The molecule has 0 fully saturated rings. The van der Waals surface area contributed by atoms with Crippen molar-refractivity contribution < 1.29 is 22.4 Å². The zero-order valence-corrected chi connectivity index (χ0v) is 15.7. The van der Waals surface area contributed by atoms with Crippen molar-refractivity contribution in [3.8, 4) is 0 Å². The fraction of sp³-hybridized carbons (Fsp3) is 0.250. The van der Waals surface area contributed by atoms with Gasteiger partial charge in [-0.1, -0.05) is 36.4 Å². The molecule has 1 amide bonds. The van der Waals surface area contributed by atoms with E-state index in [-0.39, 0.29) is 30.8 Å². The number of nitrogens with zero attached hydrogens (tertiary/aromatic N) is 2. The van der Waals surface area contributed by atoms with Crippen LogP contribution >= 0.6 is 0 Å². The van der Waals surface area contributed by atoms with Crippen molar-refractivity contribution in [2.75, 3.05) is 6.54 Å². The summed E-state index contributed by atoms with van der Waals surface area (Å²) in [6.45, 7) is -0.444. The molecule has 0 saturated carbocycles. The van der Waals surface area contributed by atoms with E-state index in [1.165, 1.54) is 30.3 Å². The second-order valence-corrected chi connectivity index (χ2v) is 6.56. The van der Waals surface area contributed by atoms with E-state index < -0.39 is 35.7 Å². The third-order valence-corrected chi connectivity index (χ3v) is 4.38. The average molecular weight is 422 g/mol. The minimum Gasteiger partial charge on any atom is -0.354 e. The van der Waals surface area contributed by atoms with Gasteiger partial charge in [0.25, 0.3) is 0 Å². The Balaban J connectivity index is 1.57. The van der Waals surface area contributed by atoms with Crippen LogP contribution in [0, 0.1) is 5.82 Å². The van der Waals surface area contributed by atoms with Crippen LogP contribution in [0.1, 0.15) is 22.5 Å². The molecule has 0 atom stereocenters. The second kappa shape index (κ2) is 8.93. The van der Waals surface area contributed by atoms with Crippen molar-refractivity contribution in [1.82, 2.24) is 20.1 Å². The van der Waals surface area contributed by atoms with Crippen LogP contribution in [0.25, 0.3) is 0 Å². The van der Waals surface area contributed by atoms with Gasteiger partial charge in [0, 0.05) is 13.0 Å². The first-order valence-electron chi connectivity index (χ1n) is 9.05. The highest BCUT2D eigenvalue weighted by atomic mass is 19.4. The van der Waals surface area contributed by atoms with Crippen LogP contribution < -0.4 is 11.0 Å². The summed E-state index contributed by atoms with van der Waals surface area (Å²) in [5.74, 6) is -0.827. The lowest BCUT2D eigenvalue weighted by molar-refractivity contribution is -0.138. The molecule has 0 bridgehead atoms. The highest BCUT2D eigenvalue weighted by molar-refractivity contribution is 5.75. The minimum atomic E-state index is -4.47. The lowest BCUT2D eigenvalue weighted by Gasteiger charge is -2.12. The van der Waals surface area contributed by atoms with Gasteiger partial charge in [0.2, 0.25) is 5.91 Å². The van der Waals surface area contributed by atoms with Gasteiger partial charge in [0.15, 0.2) is 0 Å². The molecule has 0 spiro atoms. The van der Waals surface area contributed by atoms with Crippen molar-refractivity contribution in [3.05, 3.63) is 87.3 Å². The Morgan fingerprint density at radius 2 is 1.73 bits per heavy atom. The lowest BCUT2D eigenvalue weighted by atomic mass is 10.0. The van der Waals surface area contributed by atoms with Gasteiger partial charge in [-0.05, 0) is 29.7 Å². The molecule has 0 unspecified atom stereocenters. The predicted octanol–water partition coefficient (Wildman–Crippen LogP) is 2.68. The molecule has 3 rings (SSSR count). The van der Waals surface area contributed by atoms with Gasteiger partial charge in [-0.2, -0.15) is 18.3 Å². The van der Waals surface area contributed by atoms with Crippen molar-refractivity contribution in [2.45, 2.75) is 25.6 Å². The first-order valence-corrected chi connectivity index (χ1v) is 9.05. The number of benzene rings is 2. The highest BCUT2D eigenvalue weighted by Gasteiger charge is 2.32. The van der Waals surface area contributed by atoms with Crippen LogP contribution in [0.4, 0.5) is 17.6 Å². The largest absolute Gasteiger partial charge is 0.416 e. The Hall–Kier alpha value is -3.43. The molecule has 1 heterocycles. The van der Waals surface area contributed by atoms with Gasteiger partial charge in [0.05, 0.1) is 5.56 Å². The topological polar surface area (TPSA) is 79.8 Å². The van der Waals surface area contributed by atoms with Crippen molar-refractivity contribution in [2.24, 2.45) is 0 Å². The van der Waals surface area contributed by atoms with E-state index in [4.69, 9.17) is 0 Å². The number of amides is 1. The number of carbonyl (C=O) groups excluding carboxylic acids is 1. The molecule has 0 saturated heterocycles. The lowest BCUT2D eigenvalue weighted by Crippen LogP contribution is -2.33. The fourth-order valence-corrected chi connectivity index (χ4v) is 2.96. The molecular formula is C20H18F4N4O2. The number of rotatable bonds is 7. The van der Waals surface area contributed by atoms with E-state index in [1.54, 1.807) is 12.1 Å². The maximum atomic E-state index is 13.7. The SMILES string of the molecule is O=C(Cn1nc(Cc2ccccc2F)[nH]c1=O)NCCc1ccccc1C(F)(F)F. The number of aromatic nitrogens is 3. The number of halogens is 4. The van der Waals surface area contributed by atoms with Crippen molar-refractivity contribution in [3.63, 3.8) is 0 Å². The molecule has 0 radical (unpaired) electrons. The standard InChI is InChI=1S/C20H18F4N4O2/c21-16-8-4-2-6-14(16)11-17-26-19(30)28(27-17)12-18(29)25-10-9-13-5-1-3-7-15(13)20(22,23)24/h1-8H,9-12H2,(H,25,29)(H,26,27,30). The zero-order valence-electron chi connectivity index (χ0n) is 15.7. The summed E-state index contributed by atoms with van der Waals surface area (Å²) in [6, 6.07) is 11.2. The predicted molar refractivity (Wildman–Crippen MR) is 100 cm³/mol. The Bertz CT molecular complexity index is 1090. The molecule has 2 N–H and O–H groups in total. The number of alkyl halides is 3. The molecule has 1 aromatic heterocycles. The molecule has 0 aliphatic carbocycles. The highest BCUT2D eigenvalue weighted by Crippen LogP contribution is 2.31. The summed E-state index contributed by atoms with van der Waals surface area (Å²) in [4.78, 5) is 26.5. The van der Waals surface area contributed by atoms with Gasteiger partial charge >= 0.3 is 11.9 Å². The second-order valence-electron chi connectivity index (χ2n) is 6.56.